The highest BCUT2D eigenvalue weighted by Crippen LogP contribution is 2.49. The maximum Gasteiger partial charge on any atom is 0.305 e. The number of aliphatic hydroxyl groups is 2. The summed E-state index contributed by atoms with van der Waals surface area (Å²) in [5, 5.41) is 21.1. The molecule has 0 saturated heterocycles. The second-order valence-corrected chi connectivity index (χ2v) is 9.59. The molecule has 2 saturated carbocycles. The third-order valence-corrected chi connectivity index (χ3v) is 6.86. The summed E-state index contributed by atoms with van der Waals surface area (Å²) in [5.41, 5.74) is 0.0506. The molecule has 0 heterocycles. The molecular weight excluding hydrogens is 380 g/mol. The topological polar surface area (TPSA) is 83.8 Å². The van der Waals surface area contributed by atoms with Gasteiger partial charge in [-0.3, -0.25) is 9.59 Å². The number of carbonyl (C=O) groups excluding carboxylic acids is 2. The molecule has 2 aliphatic carbocycles. The third-order valence-electron chi connectivity index (χ3n) is 6.86. The quantitative estimate of drug-likeness (QED) is 0.278. The number of ether oxygens (including phenoxy) is 1. The number of hydrogen-bond donors (Lipinski definition) is 2. The van der Waals surface area contributed by atoms with Crippen LogP contribution in [0.25, 0.3) is 0 Å². The zero-order valence-corrected chi connectivity index (χ0v) is 18.9. The molecule has 170 valence electrons. The van der Waals surface area contributed by atoms with Crippen molar-refractivity contribution in [3.63, 3.8) is 0 Å². The zero-order valence-electron chi connectivity index (χ0n) is 18.9. The summed E-state index contributed by atoms with van der Waals surface area (Å²) < 4.78 is 4.62. The van der Waals surface area contributed by atoms with Gasteiger partial charge in [0.15, 0.2) is 0 Å². The first-order valence-corrected chi connectivity index (χ1v) is 11.6. The van der Waals surface area contributed by atoms with Crippen LogP contribution in [-0.2, 0) is 14.3 Å². The minimum Gasteiger partial charge on any atom is -0.469 e. The van der Waals surface area contributed by atoms with E-state index in [9.17, 15) is 19.8 Å². The Morgan fingerprint density at radius 2 is 2.00 bits per heavy atom. The minimum atomic E-state index is -0.642. The number of Topliss-reactive ketones (excluding diaryl/α,β-unsaturated/α-hetero) is 1. The maximum atomic E-state index is 12.3. The number of carbonyl (C=O) groups is 2. The second-order valence-electron chi connectivity index (χ2n) is 9.59. The van der Waals surface area contributed by atoms with Crippen molar-refractivity contribution in [2.45, 2.75) is 90.3 Å². The molecule has 0 spiro atoms. The van der Waals surface area contributed by atoms with Gasteiger partial charge in [-0.25, -0.2) is 0 Å². The summed E-state index contributed by atoms with van der Waals surface area (Å²) in [6, 6.07) is 0. The van der Waals surface area contributed by atoms with E-state index in [0.29, 0.717) is 25.2 Å². The number of unbranched alkanes of at least 4 members (excludes halogenated alkanes) is 1. The van der Waals surface area contributed by atoms with Gasteiger partial charge >= 0.3 is 5.97 Å². The number of allylic oxidation sites excluding steroid dienone is 2. The lowest BCUT2D eigenvalue weighted by Crippen LogP contribution is -2.42. The molecule has 1 unspecified atom stereocenters. The van der Waals surface area contributed by atoms with Crippen LogP contribution in [0, 0.1) is 23.2 Å². The van der Waals surface area contributed by atoms with Crippen LogP contribution in [0.5, 0.6) is 0 Å². The average Bonchev–Trinajstić information content (AvgIpc) is 2.93. The maximum absolute atomic E-state index is 12.3. The van der Waals surface area contributed by atoms with Gasteiger partial charge < -0.3 is 14.9 Å². The third kappa shape index (κ3) is 6.78. The first kappa shape index (κ1) is 24.8. The van der Waals surface area contributed by atoms with Crippen molar-refractivity contribution in [2.75, 3.05) is 7.11 Å². The van der Waals surface area contributed by atoms with Gasteiger partial charge in [0.2, 0.25) is 0 Å². The molecule has 2 N–H and O–H groups in total. The van der Waals surface area contributed by atoms with Gasteiger partial charge in [0.05, 0.1) is 19.3 Å². The first-order chi connectivity index (χ1) is 14.3. The molecule has 5 nitrogen and oxygen atoms in total. The molecular formula is C25H40O5. The summed E-state index contributed by atoms with van der Waals surface area (Å²) in [6.07, 6.45) is 14.6. The molecule has 30 heavy (non-hydrogen) atoms. The predicted octanol–water partition coefficient (Wildman–Crippen LogP) is 4.37. The van der Waals surface area contributed by atoms with Crippen molar-refractivity contribution >= 4 is 11.8 Å². The zero-order chi connectivity index (χ0) is 22.1. The van der Waals surface area contributed by atoms with Gasteiger partial charge in [-0.05, 0) is 56.3 Å². The van der Waals surface area contributed by atoms with Gasteiger partial charge in [-0.1, -0.05) is 44.6 Å². The average molecular weight is 421 g/mol. The van der Waals surface area contributed by atoms with E-state index in [0.717, 1.165) is 32.1 Å². The molecule has 0 aliphatic heterocycles. The lowest BCUT2D eigenvalue weighted by molar-refractivity contribution is -0.140. The number of esters is 1. The normalized spacial score (nSPS) is 27.1. The van der Waals surface area contributed by atoms with Crippen molar-refractivity contribution < 1.29 is 24.5 Å². The molecule has 4 atom stereocenters. The van der Waals surface area contributed by atoms with E-state index in [2.05, 4.69) is 18.6 Å². The number of aliphatic hydroxyl groups excluding tert-OH is 2. The van der Waals surface area contributed by atoms with Crippen molar-refractivity contribution in [2.24, 2.45) is 23.2 Å². The van der Waals surface area contributed by atoms with E-state index in [1.807, 2.05) is 24.3 Å². The molecule has 5 heteroatoms. The van der Waals surface area contributed by atoms with Crippen molar-refractivity contribution in [3.8, 4) is 0 Å². The van der Waals surface area contributed by atoms with Crippen LogP contribution in [0.3, 0.4) is 0 Å². The Morgan fingerprint density at radius 3 is 2.60 bits per heavy atom. The lowest BCUT2D eigenvalue weighted by atomic mass is 9.60. The van der Waals surface area contributed by atoms with Gasteiger partial charge in [-0.15, -0.1) is 0 Å². The molecule has 0 aromatic carbocycles. The summed E-state index contributed by atoms with van der Waals surface area (Å²) in [4.78, 5) is 23.5. The molecule has 0 aromatic heterocycles. The Morgan fingerprint density at radius 1 is 1.27 bits per heavy atom. The standard InChI is InChI=1S/C25H40O5/c1-18(2)17-25(14-9-15-25)23(28)12-8-11-20-19(21(26)16-22(20)27)10-6-4-5-7-13-24(29)30-3/h4,6,8,11,18-20,22-23,27-28H,5,7,9-10,12-17H2,1-3H3/t19-,20-,22-,23?/m1/s1. The smallest absolute Gasteiger partial charge is 0.305 e. The lowest BCUT2D eigenvalue weighted by Gasteiger charge is -2.46. The molecule has 2 fully saturated rings. The Labute approximate surface area is 181 Å². The Balaban J connectivity index is 1.85. The summed E-state index contributed by atoms with van der Waals surface area (Å²) in [7, 11) is 1.39. The molecule has 0 bridgehead atoms. The van der Waals surface area contributed by atoms with Crippen LogP contribution < -0.4 is 0 Å². The van der Waals surface area contributed by atoms with Crippen molar-refractivity contribution in [1.82, 2.24) is 0 Å². The molecule has 2 rings (SSSR count). The molecule has 2 aliphatic rings. The molecule has 0 radical (unpaired) electrons. The summed E-state index contributed by atoms with van der Waals surface area (Å²) in [5.74, 6) is 0.0709. The van der Waals surface area contributed by atoms with E-state index >= 15 is 0 Å². The van der Waals surface area contributed by atoms with E-state index in [-0.39, 0.29) is 41.5 Å². The van der Waals surface area contributed by atoms with Gasteiger partial charge in [0.1, 0.15) is 5.78 Å². The minimum absolute atomic E-state index is 0.0506. The number of hydrogen-bond acceptors (Lipinski definition) is 5. The van der Waals surface area contributed by atoms with Gasteiger partial charge in [0, 0.05) is 24.7 Å². The van der Waals surface area contributed by atoms with Crippen LogP contribution in [0.4, 0.5) is 0 Å². The van der Waals surface area contributed by atoms with Crippen LogP contribution in [0.1, 0.15) is 78.1 Å². The fourth-order valence-electron chi connectivity index (χ4n) is 5.09. The van der Waals surface area contributed by atoms with Crippen LogP contribution in [-0.4, -0.2) is 41.3 Å². The Hall–Kier alpha value is -1.46. The van der Waals surface area contributed by atoms with Crippen LogP contribution >= 0.6 is 0 Å². The summed E-state index contributed by atoms with van der Waals surface area (Å²) in [6.45, 7) is 4.41. The van der Waals surface area contributed by atoms with Gasteiger partial charge in [0.25, 0.3) is 0 Å². The van der Waals surface area contributed by atoms with E-state index in [1.54, 1.807) is 0 Å². The number of methoxy groups -OCH3 is 1. The molecule has 0 aromatic rings. The van der Waals surface area contributed by atoms with E-state index in [1.165, 1.54) is 13.5 Å². The predicted molar refractivity (Wildman–Crippen MR) is 118 cm³/mol. The van der Waals surface area contributed by atoms with Crippen LogP contribution in [0.2, 0.25) is 0 Å². The molecule has 0 amide bonds. The van der Waals surface area contributed by atoms with Crippen molar-refractivity contribution in [1.29, 1.82) is 0 Å². The number of rotatable bonds is 12. The SMILES string of the molecule is COC(=O)CCCC=CC[C@H]1C(=O)C[C@@H](O)[C@@H]1C=CCC(O)C1(CC(C)C)CCC1. The second kappa shape index (κ2) is 11.8. The Bertz CT molecular complexity index is 617. The van der Waals surface area contributed by atoms with Crippen LogP contribution in [0.15, 0.2) is 24.3 Å². The first-order valence-electron chi connectivity index (χ1n) is 11.6. The van der Waals surface area contributed by atoms with Crippen molar-refractivity contribution in [3.05, 3.63) is 24.3 Å². The summed E-state index contributed by atoms with van der Waals surface area (Å²) >= 11 is 0. The highest BCUT2D eigenvalue weighted by Gasteiger charge is 2.43. The highest BCUT2D eigenvalue weighted by atomic mass is 16.5. The fraction of sp³-hybridized carbons (Fsp3) is 0.760. The Kier molecular flexibility index (Phi) is 9.76. The largest absolute Gasteiger partial charge is 0.469 e. The monoisotopic (exact) mass is 420 g/mol. The van der Waals surface area contributed by atoms with Gasteiger partial charge in [-0.2, -0.15) is 0 Å². The number of ketones is 1. The highest BCUT2D eigenvalue weighted by molar-refractivity contribution is 5.84. The fourth-order valence-corrected chi connectivity index (χ4v) is 5.09. The van der Waals surface area contributed by atoms with E-state index < -0.39 is 6.10 Å². The van der Waals surface area contributed by atoms with E-state index in [4.69, 9.17) is 0 Å².